The van der Waals surface area contributed by atoms with E-state index in [1.54, 1.807) is 19.2 Å². The number of likely N-dealkylation sites (tertiary alicyclic amines) is 1. The minimum atomic E-state index is -4.49. The Morgan fingerprint density at radius 3 is 2.44 bits per heavy atom. The highest BCUT2D eigenvalue weighted by Gasteiger charge is 2.37. The number of aryl methyl sites for hydroxylation is 1. The SMILES string of the molecule is CN1CCC(c2c(F)cccc2C(F)(F)F)CC1.Cn1cc(C#N)cccnnc1C=O. The summed E-state index contributed by atoms with van der Waals surface area (Å²) in [7, 11) is 3.54. The number of rotatable bonds is 2. The van der Waals surface area contributed by atoms with Crippen LogP contribution in [0.5, 0.6) is 0 Å². The molecule has 1 aromatic carbocycles. The monoisotopic (exact) mass is 449 g/mol. The molecule has 0 amide bonds. The Bertz CT molecular complexity index is 1020. The minimum Gasteiger partial charge on any atom is -0.331 e. The zero-order valence-corrected chi connectivity index (χ0v) is 17.7. The maximum atomic E-state index is 13.7. The van der Waals surface area contributed by atoms with Crippen LogP contribution >= 0.6 is 0 Å². The molecule has 0 spiro atoms. The molecule has 10 heteroatoms. The fourth-order valence-electron chi connectivity index (χ4n) is 3.34. The fourth-order valence-corrected chi connectivity index (χ4v) is 3.34. The molecule has 0 N–H and O–H groups in total. The largest absolute Gasteiger partial charge is 0.416 e. The molecular weight excluding hydrogens is 426 g/mol. The smallest absolute Gasteiger partial charge is 0.331 e. The average molecular weight is 449 g/mol. The standard InChI is InChI=1S/C13H15F4N.C9H8N4O/c1-18-7-5-9(6-8-18)12-10(13(15,16)17)3-2-4-11(12)14;1-13-6-8(5-10)3-2-4-11-12-9(13)7-14/h2-4,9H,5-8H2,1H3;2-4,6-7H,1H3. The van der Waals surface area contributed by atoms with Gasteiger partial charge in [0.25, 0.3) is 0 Å². The molecule has 0 radical (unpaired) electrons. The summed E-state index contributed by atoms with van der Waals surface area (Å²) in [5.41, 5.74) is -0.550. The number of carbonyl (C=O) groups is 1. The third-order valence-corrected chi connectivity index (χ3v) is 5.00. The van der Waals surface area contributed by atoms with Crippen molar-refractivity contribution < 1.29 is 22.4 Å². The molecule has 0 unspecified atom stereocenters. The predicted octanol–water partition coefficient (Wildman–Crippen LogP) is 4.28. The highest BCUT2D eigenvalue weighted by molar-refractivity contribution is 5.68. The van der Waals surface area contributed by atoms with Crippen LogP contribution in [0.4, 0.5) is 17.6 Å². The van der Waals surface area contributed by atoms with E-state index in [-0.39, 0.29) is 17.3 Å². The predicted molar refractivity (Wildman–Crippen MR) is 110 cm³/mol. The second kappa shape index (κ2) is 11.3. The molecule has 2 heterocycles. The molecule has 2 aromatic rings. The van der Waals surface area contributed by atoms with Gasteiger partial charge in [-0.1, -0.05) is 6.07 Å². The third-order valence-electron chi connectivity index (χ3n) is 5.00. The summed E-state index contributed by atoms with van der Waals surface area (Å²) in [5.74, 6) is -0.920. The Labute approximate surface area is 183 Å². The van der Waals surface area contributed by atoms with Crippen LogP contribution in [-0.4, -0.2) is 46.1 Å². The fraction of sp³-hybridized carbons (Fsp3) is 0.364. The first-order valence-electron chi connectivity index (χ1n) is 9.79. The first kappa shape index (κ1) is 24.9. The van der Waals surface area contributed by atoms with Gasteiger partial charge in [0.05, 0.1) is 11.1 Å². The summed E-state index contributed by atoms with van der Waals surface area (Å²) in [6, 6.07) is 8.35. The van der Waals surface area contributed by atoms with Crippen molar-refractivity contribution in [3.63, 3.8) is 0 Å². The molecule has 1 fully saturated rings. The molecule has 1 aliphatic rings. The van der Waals surface area contributed by atoms with Gasteiger partial charge in [-0.05, 0) is 63.2 Å². The number of piperidine rings is 1. The lowest BCUT2D eigenvalue weighted by atomic mass is 9.86. The Morgan fingerprint density at radius 2 is 1.84 bits per heavy atom. The van der Waals surface area contributed by atoms with Gasteiger partial charge in [0.15, 0.2) is 12.1 Å². The summed E-state index contributed by atoms with van der Waals surface area (Å²) in [4.78, 5) is 12.6. The molecule has 0 aliphatic carbocycles. The van der Waals surface area contributed by atoms with Crippen molar-refractivity contribution in [3.8, 4) is 6.07 Å². The second-order valence-corrected chi connectivity index (χ2v) is 7.28. The first-order chi connectivity index (χ1) is 15.2. The molecule has 1 saturated heterocycles. The topological polar surface area (TPSA) is 74.8 Å². The van der Waals surface area contributed by atoms with Crippen molar-refractivity contribution in [1.29, 1.82) is 5.26 Å². The van der Waals surface area contributed by atoms with Gasteiger partial charge in [0.2, 0.25) is 0 Å². The molecule has 6 nitrogen and oxygen atoms in total. The highest BCUT2D eigenvalue weighted by atomic mass is 19.4. The van der Waals surface area contributed by atoms with E-state index in [0.29, 0.717) is 37.8 Å². The van der Waals surface area contributed by atoms with E-state index in [1.807, 2.05) is 18.0 Å². The van der Waals surface area contributed by atoms with Crippen LogP contribution in [0.25, 0.3) is 0 Å². The second-order valence-electron chi connectivity index (χ2n) is 7.28. The van der Waals surface area contributed by atoms with Crippen molar-refractivity contribution in [1.82, 2.24) is 19.7 Å². The molecule has 0 atom stereocenters. The van der Waals surface area contributed by atoms with Gasteiger partial charge in [0.1, 0.15) is 11.9 Å². The van der Waals surface area contributed by atoms with E-state index in [2.05, 4.69) is 10.2 Å². The van der Waals surface area contributed by atoms with Crippen LogP contribution in [0, 0.1) is 17.1 Å². The Balaban J connectivity index is 0.000000235. The number of benzene rings is 1. The number of aldehydes is 1. The number of alkyl halides is 3. The summed E-state index contributed by atoms with van der Waals surface area (Å²) >= 11 is 0. The van der Waals surface area contributed by atoms with Crippen molar-refractivity contribution in [2.24, 2.45) is 7.05 Å². The lowest BCUT2D eigenvalue weighted by molar-refractivity contribution is -0.138. The van der Waals surface area contributed by atoms with Crippen molar-refractivity contribution in [3.05, 3.63) is 71.1 Å². The van der Waals surface area contributed by atoms with Gasteiger partial charge in [-0.25, -0.2) is 4.39 Å². The Kier molecular flexibility index (Phi) is 8.84. The maximum Gasteiger partial charge on any atom is 0.416 e. The molecule has 0 saturated carbocycles. The molecule has 32 heavy (non-hydrogen) atoms. The number of aromatic nitrogens is 3. The molecule has 1 aliphatic heterocycles. The lowest BCUT2D eigenvalue weighted by Gasteiger charge is -2.30. The van der Waals surface area contributed by atoms with E-state index in [1.165, 1.54) is 17.0 Å². The zero-order valence-electron chi connectivity index (χ0n) is 17.7. The van der Waals surface area contributed by atoms with Crippen LogP contribution in [0.1, 0.15) is 46.1 Å². The van der Waals surface area contributed by atoms with Gasteiger partial charge >= 0.3 is 6.18 Å². The lowest BCUT2D eigenvalue weighted by Crippen LogP contribution is -2.30. The summed E-state index contributed by atoms with van der Waals surface area (Å²) < 4.78 is 53.8. The first-order valence-corrected chi connectivity index (χ1v) is 9.79. The summed E-state index contributed by atoms with van der Waals surface area (Å²) in [5, 5.41) is 16.0. The van der Waals surface area contributed by atoms with Gasteiger partial charge in [0, 0.05) is 25.0 Å². The van der Waals surface area contributed by atoms with Crippen molar-refractivity contribution in [2.45, 2.75) is 24.9 Å². The molecule has 0 bridgehead atoms. The van der Waals surface area contributed by atoms with Crippen LogP contribution in [-0.2, 0) is 13.2 Å². The molecule has 170 valence electrons. The van der Waals surface area contributed by atoms with Crippen LogP contribution < -0.4 is 0 Å². The van der Waals surface area contributed by atoms with Crippen LogP contribution in [0.15, 0.2) is 42.7 Å². The number of nitriles is 1. The van der Waals surface area contributed by atoms with Gasteiger partial charge < -0.3 is 9.47 Å². The van der Waals surface area contributed by atoms with E-state index in [0.717, 1.165) is 18.2 Å². The van der Waals surface area contributed by atoms with E-state index in [4.69, 9.17) is 5.26 Å². The highest BCUT2D eigenvalue weighted by Crippen LogP contribution is 2.39. The van der Waals surface area contributed by atoms with Gasteiger partial charge in [-0.15, -0.1) is 5.10 Å². The van der Waals surface area contributed by atoms with Crippen LogP contribution in [0.2, 0.25) is 0 Å². The number of halogens is 4. The van der Waals surface area contributed by atoms with Gasteiger partial charge in [-0.2, -0.15) is 23.5 Å². The van der Waals surface area contributed by atoms with Crippen molar-refractivity contribution in [2.75, 3.05) is 20.1 Å². The number of nitrogens with zero attached hydrogens (tertiary/aromatic N) is 5. The maximum absolute atomic E-state index is 13.7. The third kappa shape index (κ3) is 6.85. The number of hydrogen-bond donors (Lipinski definition) is 0. The minimum absolute atomic E-state index is 0.151. The quantitative estimate of drug-likeness (QED) is 0.506. The number of hydrogen-bond acceptors (Lipinski definition) is 5. The van der Waals surface area contributed by atoms with Crippen LogP contribution in [0.3, 0.4) is 0 Å². The summed E-state index contributed by atoms with van der Waals surface area (Å²) in [6.45, 7) is 1.41. The zero-order chi connectivity index (χ0) is 23.7. The van der Waals surface area contributed by atoms with Crippen molar-refractivity contribution >= 4 is 6.29 Å². The van der Waals surface area contributed by atoms with E-state index < -0.39 is 17.6 Å². The normalized spacial score (nSPS) is 14.5. The Hall–Kier alpha value is -3.32. The average Bonchev–Trinajstić information content (AvgIpc) is 2.84. The van der Waals surface area contributed by atoms with E-state index in [9.17, 15) is 22.4 Å². The van der Waals surface area contributed by atoms with Gasteiger partial charge in [-0.3, -0.25) is 4.79 Å². The number of carbonyl (C=O) groups excluding carboxylic acids is 1. The molecular formula is C22H23F4N5O. The molecule has 3 rings (SSSR count). The Morgan fingerprint density at radius 1 is 1.16 bits per heavy atom. The molecule has 1 aromatic heterocycles. The summed E-state index contributed by atoms with van der Waals surface area (Å²) in [6.07, 6.45) is 0.155. The van der Waals surface area contributed by atoms with E-state index >= 15 is 0 Å².